The van der Waals surface area contributed by atoms with Gasteiger partial charge in [-0.1, -0.05) is 220 Å². The molecule has 80 heavy (non-hydrogen) atoms. The highest BCUT2D eigenvalue weighted by atomic mass is 16.3. The van der Waals surface area contributed by atoms with E-state index < -0.39 is 0 Å². The van der Waals surface area contributed by atoms with Crippen LogP contribution in [0.2, 0.25) is 0 Å². The Morgan fingerprint density at radius 3 is 0.988 bits per heavy atom. The first kappa shape index (κ1) is 53.1. The molecule has 0 radical (unpaired) electrons. The summed E-state index contributed by atoms with van der Waals surface area (Å²) in [5.74, 6) is 0.433. The lowest BCUT2D eigenvalue weighted by atomic mass is 9.83. The van der Waals surface area contributed by atoms with Crippen LogP contribution >= 0.6 is 0 Å². The highest BCUT2D eigenvalue weighted by Crippen LogP contribution is 2.55. The predicted octanol–water partition coefficient (Wildman–Crippen LogP) is 23.4. The van der Waals surface area contributed by atoms with Gasteiger partial charge in [0, 0.05) is 54.8 Å². The molecule has 0 saturated heterocycles. The fourth-order valence-electron chi connectivity index (χ4n) is 13.0. The number of fused-ring (bicyclic) bond motifs is 6. The van der Waals surface area contributed by atoms with Gasteiger partial charge in [-0.2, -0.15) is 0 Å². The number of anilines is 6. The van der Waals surface area contributed by atoms with Gasteiger partial charge in [-0.15, -0.1) is 0 Å². The molecular formula is C76H80N2O2. The number of nitrogens with zero attached hydrogens (tertiary/aromatic N) is 2. The van der Waals surface area contributed by atoms with Crippen LogP contribution < -0.4 is 9.80 Å². The van der Waals surface area contributed by atoms with Crippen LogP contribution in [0, 0.1) is 13.8 Å². The van der Waals surface area contributed by atoms with Gasteiger partial charge < -0.3 is 18.6 Å². The third-order valence-corrected chi connectivity index (χ3v) is 17.4. The van der Waals surface area contributed by atoms with E-state index in [0.29, 0.717) is 0 Å². The Morgan fingerprint density at radius 1 is 0.338 bits per heavy atom. The maximum absolute atomic E-state index is 7.35. The lowest BCUT2D eigenvalue weighted by Crippen LogP contribution is -2.16. The van der Waals surface area contributed by atoms with Crippen molar-refractivity contribution in [3.8, 4) is 0 Å². The molecule has 2 aromatic heterocycles. The van der Waals surface area contributed by atoms with Crippen molar-refractivity contribution in [3.63, 3.8) is 0 Å². The van der Waals surface area contributed by atoms with Gasteiger partial charge in [0.2, 0.25) is 0 Å². The van der Waals surface area contributed by atoms with Gasteiger partial charge in [0.1, 0.15) is 11.2 Å². The third kappa shape index (κ3) is 8.45. The van der Waals surface area contributed by atoms with E-state index >= 15 is 0 Å². The molecule has 2 heterocycles. The second kappa shape index (κ2) is 18.5. The molecule has 12 aromatic rings. The summed E-state index contributed by atoms with van der Waals surface area (Å²) in [6.45, 7) is 41.4. The molecular weight excluding hydrogens is 973 g/mol. The molecule has 4 heteroatoms. The fourth-order valence-corrected chi connectivity index (χ4v) is 13.0. The average molecular weight is 1050 g/mol. The lowest BCUT2D eigenvalue weighted by Gasteiger charge is -2.33. The van der Waals surface area contributed by atoms with Gasteiger partial charge in [0.05, 0.1) is 22.7 Å². The highest BCUT2D eigenvalue weighted by Gasteiger charge is 2.32. The van der Waals surface area contributed by atoms with Crippen LogP contribution in [-0.4, -0.2) is 0 Å². The average Bonchev–Trinajstić information content (AvgIpc) is 3.94. The van der Waals surface area contributed by atoms with E-state index in [1.165, 1.54) is 65.7 Å². The van der Waals surface area contributed by atoms with Crippen LogP contribution in [-0.2, 0) is 21.7 Å². The molecule has 0 spiro atoms. The molecule has 10 aromatic carbocycles. The van der Waals surface area contributed by atoms with E-state index in [1.807, 2.05) is 0 Å². The largest absolute Gasteiger partial charge is 0.454 e. The quantitative estimate of drug-likeness (QED) is 0.142. The molecule has 0 aliphatic rings. The lowest BCUT2D eigenvalue weighted by molar-refractivity contribution is 0.572. The number of hydrogen-bond donors (Lipinski definition) is 0. The van der Waals surface area contributed by atoms with Crippen molar-refractivity contribution in [2.75, 3.05) is 9.80 Å². The summed E-state index contributed by atoms with van der Waals surface area (Å²) in [5.41, 5.74) is 19.9. The summed E-state index contributed by atoms with van der Waals surface area (Å²) in [6, 6.07) is 55.8. The molecule has 406 valence electrons. The normalized spacial score (nSPS) is 13.1. The molecule has 12 rings (SSSR count). The maximum Gasteiger partial charge on any atom is 0.159 e. The summed E-state index contributed by atoms with van der Waals surface area (Å²) < 4.78 is 14.7. The Bertz CT molecular complexity index is 4110. The van der Waals surface area contributed by atoms with Gasteiger partial charge in [0.25, 0.3) is 0 Å². The van der Waals surface area contributed by atoms with Crippen molar-refractivity contribution >= 4 is 110 Å². The zero-order valence-corrected chi connectivity index (χ0v) is 50.7. The molecule has 0 fully saturated rings. The monoisotopic (exact) mass is 1050 g/mol. The fraction of sp³-hybridized carbons (Fsp3) is 0.316. The van der Waals surface area contributed by atoms with E-state index in [2.05, 4.69) is 280 Å². The van der Waals surface area contributed by atoms with Gasteiger partial charge in [-0.3, -0.25) is 0 Å². The summed E-state index contributed by atoms with van der Waals surface area (Å²) in [7, 11) is 0. The Kier molecular flexibility index (Phi) is 12.3. The van der Waals surface area contributed by atoms with Crippen molar-refractivity contribution in [1.82, 2.24) is 0 Å². The molecule has 0 bridgehead atoms. The molecule has 0 aliphatic heterocycles. The van der Waals surface area contributed by atoms with Crippen LogP contribution in [0.3, 0.4) is 0 Å². The molecule has 0 amide bonds. The Balaban J connectivity index is 1.22. The third-order valence-electron chi connectivity index (χ3n) is 17.4. The molecule has 0 saturated carbocycles. The van der Waals surface area contributed by atoms with Crippen LogP contribution in [0.15, 0.2) is 154 Å². The second-order valence-corrected chi connectivity index (χ2v) is 27.9. The number of furan rings is 2. The molecule has 0 N–H and O–H groups in total. The number of aryl methyl sites for hydroxylation is 2. The minimum absolute atomic E-state index is 0.0165. The van der Waals surface area contributed by atoms with Gasteiger partial charge in [0.15, 0.2) is 11.2 Å². The van der Waals surface area contributed by atoms with Crippen LogP contribution in [0.1, 0.15) is 167 Å². The summed E-state index contributed by atoms with van der Waals surface area (Å²) >= 11 is 0. The predicted molar refractivity (Wildman–Crippen MR) is 347 cm³/mol. The van der Waals surface area contributed by atoms with E-state index in [-0.39, 0.29) is 33.5 Å². The zero-order valence-electron chi connectivity index (χ0n) is 50.7. The summed E-state index contributed by atoms with van der Waals surface area (Å²) in [5, 5.41) is 12.1. The SMILES string of the molecule is Cc1ccc2c(oc3c(C(C)(C)C)cccc32)c1N(c1ccc(C(C)(C)C)cc1)c1cc(C(C)C)c2ccc3c(N(c4ccc(C(C)(C)C)cc4)c4c(C)ccc5c4oc4c(C(C)(C)C)cccc45)cc(C(C)C)c4ccc1c2c43. The van der Waals surface area contributed by atoms with Crippen molar-refractivity contribution in [3.05, 3.63) is 190 Å². The first-order valence-electron chi connectivity index (χ1n) is 29.2. The first-order valence-corrected chi connectivity index (χ1v) is 29.2. The van der Waals surface area contributed by atoms with Crippen LogP contribution in [0.4, 0.5) is 34.1 Å². The number of hydrogen-bond acceptors (Lipinski definition) is 4. The zero-order chi connectivity index (χ0) is 56.9. The highest BCUT2D eigenvalue weighted by molar-refractivity contribution is 6.30. The van der Waals surface area contributed by atoms with Crippen molar-refractivity contribution in [1.29, 1.82) is 0 Å². The standard InChI is InChI=1S/C76H80N2O2/c1-43(2)59-41-63(77(49-31-27-47(28-32-49)73(7,8)9)67-45(5)25-35-55-53-21-19-23-61(75(13,14)15)69(53)79-71(55)67)57-40-38-52-60(44(3)4)42-64(58-39-37-51(59)65(57)66(52)58)78(50-33-29-48(30-34-50)74(10,11)12)68-46(6)26-36-56-54-22-20-24-62(76(16,17)18)70(54)80-72(56)68/h19-44H,1-18H3. The molecule has 0 atom stereocenters. The van der Waals surface area contributed by atoms with Crippen molar-refractivity contribution in [2.45, 2.75) is 158 Å². The minimum Gasteiger partial charge on any atom is -0.454 e. The smallest absolute Gasteiger partial charge is 0.159 e. The van der Waals surface area contributed by atoms with Gasteiger partial charge >= 0.3 is 0 Å². The van der Waals surface area contributed by atoms with Crippen LogP contribution in [0.25, 0.3) is 76.2 Å². The topological polar surface area (TPSA) is 32.8 Å². The second-order valence-electron chi connectivity index (χ2n) is 27.9. The van der Waals surface area contributed by atoms with Crippen molar-refractivity contribution in [2.24, 2.45) is 0 Å². The van der Waals surface area contributed by atoms with Gasteiger partial charge in [-0.05, 0) is 139 Å². The van der Waals surface area contributed by atoms with E-state index in [9.17, 15) is 0 Å². The molecule has 4 nitrogen and oxygen atoms in total. The number of benzene rings is 10. The summed E-state index contributed by atoms with van der Waals surface area (Å²) in [6.07, 6.45) is 0. The number of para-hydroxylation sites is 2. The van der Waals surface area contributed by atoms with E-state index in [4.69, 9.17) is 8.83 Å². The number of rotatable bonds is 8. The Labute approximate surface area is 474 Å². The minimum atomic E-state index is -0.116. The van der Waals surface area contributed by atoms with E-state index in [1.54, 1.807) is 0 Å². The Morgan fingerprint density at radius 2 is 0.662 bits per heavy atom. The van der Waals surface area contributed by atoms with E-state index in [0.717, 1.165) is 89.1 Å². The van der Waals surface area contributed by atoms with Gasteiger partial charge in [-0.25, -0.2) is 0 Å². The molecule has 0 aliphatic carbocycles. The van der Waals surface area contributed by atoms with Crippen LogP contribution in [0.5, 0.6) is 0 Å². The van der Waals surface area contributed by atoms with Crippen molar-refractivity contribution < 1.29 is 8.83 Å². The summed E-state index contributed by atoms with van der Waals surface area (Å²) in [4.78, 5) is 5.07. The Hall–Kier alpha value is -7.56. The molecule has 0 unspecified atom stereocenters. The maximum atomic E-state index is 7.35. The first-order chi connectivity index (χ1) is 37.7.